The number of benzene rings is 1. The molecule has 8 nitrogen and oxygen atoms in total. The monoisotopic (exact) mass is 399 g/mol. The van der Waals surface area contributed by atoms with E-state index in [2.05, 4.69) is 15.3 Å². The van der Waals surface area contributed by atoms with Crippen molar-refractivity contribution in [3.63, 3.8) is 0 Å². The van der Waals surface area contributed by atoms with Crippen molar-refractivity contribution >= 4 is 16.9 Å². The first kappa shape index (κ1) is 18.4. The van der Waals surface area contributed by atoms with Crippen LogP contribution in [0, 0.1) is 25.5 Å². The molecule has 0 unspecified atom stereocenters. The lowest BCUT2D eigenvalue weighted by Crippen LogP contribution is -2.15. The van der Waals surface area contributed by atoms with Gasteiger partial charge in [0.2, 0.25) is 5.82 Å². The van der Waals surface area contributed by atoms with Crippen molar-refractivity contribution in [2.24, 2.45) is 10.9 Å². The quantitative estimate of drug-likeness (QED) is 0.210. The van der Waals surface area contributed by atoms with Gasteiger partial charge in [0.05, 0.1) is 28.2 Å². The molecule has 4 rings (SSSR count). The minimum absolute atomic E-state index is 0.226. The molecule has 4 N–H and O–H groups in total. The van der Waals surface area contributed by atoms with Crippen LogP contribution in [0.15, 0.2) is 40.1 Å². The Morgan fingerprint density at radius 1 is 1.21 bits per heavy atom. The van der Waals surface area contributed by atoms with Gasteiger partial charge >= 0.3 is 0 Å². The molecule has 0 amide bonds. The number of hydrogen-bond acceptors (Lipinski definition) is 6. The number of phenolic OH excluding ortho intramolecular Hbond substituents is 1. The number of aryl methyl sites for hydroxylation is 2. The van der Waals surface area contributed by atoms with Crippen LogP contribution in [0.1, 0.15) is 17.0 Å². The van der Waals surface area contributed by atoms with Gasteiger partial charge in [-0.2, -0.15) is 4.39 Å². The Bertz CT molecular complexity index is 1270. The Hall–Kier alpha value is -3.95. The number of rotatable bonds is 3. The number of nitrogens with two attached hydrogens (primary N) is 1. The van der Waals surface area contributed by atoms with Crippen LogP contribution >= 0.6 is 0 Å². The normalized spacial score (nSPS) is 12.1. The zero-order chi connectivity index (χ0) is 20.9. The van der Waals surface area contributed by atoms with Crippen LogP contribution in [0.4, 0.5) is 8.78 Å². The number of pyridine rings is 1. The second-order valence-corrected chi connectivity index (χ2v) is 6.35. The summed E-state index contributed by atoms with van der Waals surface area (Å²) in [5, 5.41) is 26.3. The number of fused-ring (bicyclic) bond motifs is 1. The number of halogens is 2. The van der Waals surface area contributed by atoms with Crippen LogP contribution in [0.25, 0.3) is 28.0 Å². The molecule has 3 heterocycles. The third-order valence-electron chi connectivity index (χ3n) is 4.64. The summed E-state index contributed by atoms with van der Waals surface area (Å²) in [5.41, 5.74) is 7.37. The van der Waals surface area contributed by atoms with Gasteiger partial charge in [-0.1, -0.05) is 10.3 Å². The first-order valence-electron chi connectivity index (χ1n) is 8.44. The van der Waals surface area contributed by atoms with Gasteiger partial charge in [-0.05, 0) is 38.1 Å². The molecule has 0 saturated carbocycles. The number of aromatic hydroxyl groups is 1. The summed E-state index contributed by atoms with van der Waals surface area (Å²) >= 11 is 0. The van der Waals surface area contributed by atoms with Crippen LogP contribution in [0.2, 0.25) is 0 Å². The minimum atomic E-state index is -1.41. The maximum Gasteiger partial charge on any atom is 0.202 e. The third-order valence-corrected chi connectivity index (χ3v) is 4.64. The Kier molecular flexibility index (Phi) is 4.18. The van der Waals surface area contributed by atoms with Crippen LogP contribution in [-0.2, 0) is 0 Å². The molecule has 0 fully saturated rings. The molecular formula is C19H15F2N5O3. The van der Waals surface area contributed by atoms with Gasteiger partial charge in [0, 0.05) is 11.6 Å². The van der Waals surface area contributed by atoms with Gasteiger partial charge < -0.3 is 20.6 Å². The lowest BCUT2D eigenvalue weighted by Gasteiger charge is -2.13. The summed E-state index contributed by atoms with van der Waals surface area (Å²) in [5.74, 6) is -3.39. The third kappa shape index (κ3) is 2.60. The molecule has 29 heavy (non-hydrogen) atoms. The molecule has 0 bridgehead atoms. The minimum Gasteiger partial charge on any atom is -0.505 e. The maximum atomic E-state index is 14.9. The molecule has 1 aromatic carbocycles. The molecular weight excluding hydrogens is 384 g/mol. The smallest absolute Gasteiger partial charge is 0.202 e. The second-order valence-electron chi connectivity index (χ2n) is 6.35. The van der Waals surface area contributed by atoms with E-state index in [0.29, 0.717) is 22.4 Å². The fourth-order valence-electron chi connectivity index (χ4n) is 3.42. The molecule has 148 valence electrons. The van der Waals surface area contributed by atoms with Gasteiger partial charge in [-0.3, -0.25) is 4.57 Å². The second kappa shape index (κ2) is 6.59. The summed E-state index contributed by atoms with van der Waals surface area (Å²) in [6, 6.07) is 5.52. The van der Waals surface area contributed by atoms with Crippen molar-refractivity contribution in [3.8, 4) is 22.7 Å². The van der Waals surface area contributed by atoms with E-state index < -0.39 is 17.4 Å². The molecule has 0 aliphatic rings. The van der Waals surface area contributed by atoms with E-state index >= 15 is 0 Å². The highest BCUT2D eigenvalue weighted by Gasteiger charge is 2.29. The summed E-state index contributed by atoms with van der Waals surface area (Å²) in [6.45, 7) is 3.32. The Morgan fingerprint density at radius 3 is 2.62 bits per heavy atom. The molecule has 0 aliphatic heterocycles. The number of phenols is 1. The fourth-order valence-corrected chi connectivity index (χ4v) is 3.42. The van der Waals surface area contributed by atoms with E-state index in [1.54, 1.807) is 26.0 Å². The molecule has 10 heteroatoms. The van der Waals surface area contributed by atoms with E-state index in [1.807, 2.05) is 0 Å². The van der Waals surface area contributed by atoms with Crippen molar-refractivity contribution in [2.45, 2.75) is 13.8 Å². The highest BCUT2D eigenvalue weighted by molar-refractivity contribution is 6.14. The van der Waals surface area contributed by atoms with Crippen LogP contribution in [0.3, 0.4) is 0 Å². The Morgan fingerprint density at radius 2 is 1.97 bits per heavy atom. The lowest BCUT2D eigenvalue weighted by molar-refractivity contribution is 0.318. The maximum absolute atomic E-state index is 14.9. The molecule has 4 aromatic rings. The summed E-state index contributed by atoms with van der Waals surface area (Å²) in [4.78, 5) is 4.29. The average Bonchev–Trinajstić information content (AvgIpc) is 3.22. The molecule has 0 radical (unpaired) electrons. The number of aromatic nitrogens is 3. The van der Waals surface area contributed by atoms with Gasteiger partial charge in [-0.25, -0.2) is 9.37 Å². The first-order chi connectivity index (χ1) is 13.9. The molecule has 0 spiro atoms. The molecule has 0 aliphatic carbocycles. The predicted octanol–water partition coefficient (Wildman–Crippen LogP) is 3.38. The van der Waals surface area contributed by atoms with Gasteiger partial charge in [-0.15, -0.1) is 0 Å². The standard InChI is InChI=1S/C19H15F2N5O3/c1-8-13(9(2)29-25-8)17-14(18(22)24-28)10-4-3-7-23-19(10)26(17)11-5-6-12(27)16(21)15(11)20/h3-7,27-28H,1-2H3,(H2,22,24). The molecule has 0 atom stereocenters. The van der Waals surface area contributed by atoms with Crippen LogP contribution in [0.5, 0.6) is 5.75 Å². The largest absolute Gasteiger partial charge is 0.505 e. The van der Waals surface area contributed by atoms with E-state index in [1.165, 1.54) is 16.8 Å². The van der Waals surface area contributed by atoms with Gasteiger partial charge in [0.15, 0.2) is 17.4 Å². The average molecular weight is 399 g/mol. The first-order valence-corrected chi connectivity index (χ1v) is 8.44. The number of amidine groups is 1. The highest BCUT2D eigenvalue weighted by Crippen LogP contribution is 2.39. The van der Waals surface area contributed by atoms with Gasteiger partial charge in [0.1, 0.15) is 11.4 Å². The van der Waals surface area contributed by atoms with Crippen LogP contribution < -0.4 is 5.73 Å². The van der Waals surface area contributed by atoms with Crippen molar-refractivity contribution in [2.75, 3.05) is 0 Å². The number of oxime groups is 1. The number of nitrogens with zero attached hydrogens (tertiary/aromatic N) is 4. The van der Waals surface area contributed by atoms with Gasteiger partial charge in [0.25, 0.3) is 0 Å². The lowest BCUT2D eigenvalue weighted by atomic mass is 10.0. The van der Waals surface area contributed by atoms with Crippen molar-refractivity contribution in [1.82, 2.24) is 14.7 Å². The molecule has 0 saturated heterocycles. The Balaban J connectivity index is 2.27. The highest BCUT2D eigenvalue weighted by atomic mass is 19.2. The summed E-state index contributed by atoms with van der Waals surface area (Å²) in [7, 11) is 0. The summed E-state index contributed by atoms with van der Waals surface area (Å²) < 4.78 is 35.6. The zero-order valence-electron chi connectivity index (χ0n) is 15.3. The van der Waals surface area contributed by atoms with E-state index in [-0.39, 0.29) is 28.4 Å². The molecule has 3 aromatic heterocycles. The van der Waals surface area contributed by atoms with Crippen molar-refractivity contribution < 1.29 is 23.6 Å². The topological polar surface area (TPSA) is 123 Å². The summed E-state index contributed by atoms with van der Waals surface area (Å²) in [6.07, 6.45) is 1.47. The van der Waals surface area contributed by atoms with E-state index in [0.717, 1.165) is 6.07 Å². The Labute approximate surface area is 162 Å². The predicted molar refractivity (Wildman–Crippen MR) is 100 cm³/mol. The zero-order valence-corrected chi connectivity index (χ0v) is 15.3. The fraction of sp³-hybridized carbons (Fsp3) is 0.105. The van der Waals surface area contributed by atoms with E-state index in [4.69, 9.17) is 10.3 Å². The number of hydrogen-bond donors (Lipinski definition) is 3. The van der Waals surface area contributed by atoms with E-state index in [9.17, 15) is 19.1 Å². The SMILES string of the molecule is Cc1noc(C)c1-c1c(/C(N)=N/O)c2cccnc2n1-c1ccc(O)c(F)c1F. The van der Waals surface area contributed by atoms with Crippen molar-refractivity contribution in [3.05, 3.63) is 59.1 Å². The van der Waals surface area contributed by atoms with Crippen molar-refractivity contribution in [1.29, 1.82) is 0 Å². The van der Waals surface area contributed by atoms with Crippen LogP contribution in [-0.4, -0.2) is 30.9 Å².